The number of nitrogens with two attached hydrogens (primary N) is 1. The molecule has 0 aliphatic carbocycles. The highest BCUT2D eigenvalue weighted by molar-refractivity contribution is 5.86. The highest BCUT2D eigenvalue weighted by atomic mass is 16.5. The van der Waals surface area contributed by atoms with Gasteiger partial charge >= 0.3 is 6.03 Å². The smallest absolute Gasteiger partial charge is 0.320 e. The summed E-state index contributed by atoms with van der Waals surface area (Å²) in [5.41, 5.74) is 5.38. The van der Waals surface area contributed by atoms with Crippen LogP contribution in [0.4, 0.5) is 4.79 Å². The lowest BCUT2D eigenvalue weighted by Crippen LogP contribution is -2.50. The summed E-state index contributed by atoms with van der Waals surface area (Å²) in [4.78, 5) is 15.2. The van der Waals surface area contributed by atoms with Crippen LogP contribution in [0.5, 0.6) is 0 Å². The fourth-order valence-corrected chi connectivity index (χ4v) is 1.50. The predicted octanol–water partition coefficient (Wildman–Crippen LogP) is -0.493. The number of rotatable bonds is 3. The van der Waals surface area contributed by atoms with Crippen LogP contribution in [-0.4, -0.2) is 66.3 Å². The second kappa shape index (κ2) is 6.16. The molecule has 0 aromatic rings. The molecule has 16 heavy (non-hydrogen) atoms. The van der Waals surface area contributed by atoms with E-state index < -0.39 is 0 Å². The van der Waals surface area contributed by atoms with E-state index in [1.54, 1.807) is 4.90 Å². The average Bonchev–Trinajstić information content (AvgIpc) is 2.35. The Morgan fingerprint density at radius 1 is 1.56 bits per heavy atom. The first kappa shape index (κ1) is 12.6. The van der Waals surface area contributed by atoms with Crippen molar-refractivity contribution in [3.05, 3.63) is 0 Å². The fraction of sp³-hybridized carbons (Fsp3) is 0.778. The number of carbonyl (C=O) groups excluding carboxylic acids is 1. The lowest BCUT2D eigenvalue weighted by atomic mass is 10.4. The number of amidine groups is 1. The molecule has 1 saturated heterocycles. The summed E-state index contributed by atoms with van der Waals surface area (Å²) in [5.74, 6) is 0.0310. The van der Waals surface area contributed by atoms with E-state index in [0.29, 0.717) is 32.8 Å². The van der Waals surface area contributed by atoms with Crippen molar-refractivity contribution in [1.29, 1.82) is 0 Å². The Morgan fingerprint density at radius 3 is 2.69 bits per heavy atom. The Labute approximate surface area is 94.4 Å². The molecule has 0 atom stereocenters. The Morgan fingerprint density at radius 2 is 2.19 bits per heavy atom. The van der Waals surface area contributed by atoms with Crippen molar-refractivity contribution >= 4 is 11.9 Å². The van der Waals surface area contributed by atoms with Gasteiger partial charge in [-0.2, -0.15) is 0 Å². The van der Waals surface area contributed by atoms with Crippen molar-refractivity contribution in [2.45, 2.75) is 6.92 Å². The first-order valence-electron chi connectivity index (χ1n) is 5.27. The van der Waals surface area contributed by atoms with Crippen molar-refractivity contribution in [2.24, 2.45) is 10.9 Å². The topological polar surface area (TPSA) is 91.4 Å². The number of amides is 2. The normalized spacial score (nSPS) is 17.3. The Hall–Kier alpha value is -1.50. The summed E-state index contributed by atoms with van der Waals surface area (Å²) in [6, 6.07) is -0.0996. The monoisotopic (exact) mass is 230 g/mol. The van der Waals surface area contributed by atoms with E-state index >= 15 is 0 Å². The van der Waals surface area contributed by atoms with Crippen LogP contribution in [0.2, 0.25) is 0 Å². The molecule has 0 spiro atoms. The zero-order valence-corrected chi connectivity index (χ0v) is 9.43. The quantitative estimate of drug-likeness (QED) is 0.296. The van der Waals surface area contributed by atoms with Gasteiger partial charge in [0.1, 0.15) is 0 Å². The third kappa shape index (κ3) is 3.27. The molecule has 0 unspecified atom stereocenters. The van der Waals surface area contributed by atoms with E-state index in [1.807, 2.05) is 6.92 Å². The van der Waals surface area contributed by atoms with Gasteiger partial charge in [0.25, 0.3) is 0 Å². The molecule has 1 heterocycles. The van der Waals surface area contributed by atoms with E-state index in [1.165, 1.54) is 4.90 Å². The third-order valence-electron chi connectivity index (χ3n) is 2.42. The molecular weight excluding hydrogens is 212 g/mol. The maximum atomic E-state index is 12.0. The van der Waals surface area contributed by atoms with Crippen LogP contribution >= 0.6 is 0 Å². The van der Waals surface area contributed by atoms with E-state index in [2.05, 4.69) is 5.16 Å². The van der Waals surface area contributed by atoms with Crippen molar-refractivity contribution in [3.8, 4) is 0 Å². The maximum absolute atomic E-state index is 12.0. The lowest BCUT2D eigenvalue weighted by Gasteiger charge is -2.32. The van der Waals surface area contributed by atoms with Gasteiger partial charge in [-0.05, 0) is 6.92 Å². The average molecular weight is 230 g/mol. The Kier molecular flexibility index (Phi) is 4.84. The standard InChI is InChI=1S/C9H18N4O3/c1-2-12(7-8(10)11-15)9(14)13-3-5-16-6-4-13/h15H,2-7H2,1H3,(H2,10,11). The van der Waals surface area contributed by atoms with Gasteiger partial charge in [-0.15, -0.1) is 0 Å². The second-order valence-corrected chi connectivity index (χ2v) is 3.49. The molecule has 7 heteroatoms. The number of hydrogen-bond acceptors (Lipinski definition) is 4. The molecule has 92 valence electrons. The van der Waals surface area contributed by atoms with Crippen molar-refractivity contribution in [1.82, 2.24) is 9.80 Å². The van der Waals surface area contributed by atoms with Gasteiger partial charge in [-0.1, -0.05) is 5.16 Å². The molecule has 1 fully saturated rings. The summed E-state index contributed by atoms with van der Waals surface area (Å²) < 4.78 is 5.16. The molecular formula is C9H18N4O3. The number of carbonyl (C=O) groups is 1. The molecule has 0 aromatic carbocycles. The molecule has 3 N–H and O–H groups in total. The Bertz CT molecular complexity index is 263. The highest BCUT2D eigenvalue weighted by Crippen LogP contribution is 2.03. The number of morpholine rings is 1. The van der Waals surface area contributed by atoms with Crippen LogP contribution < -0.4 is 5.73 Å². The molecule has 1 aliphatic heterocycles. The molecule has 0 radical (unpaired) electrons. The van der Waals surface area contributed by atoms with Crippen LogP contribution in [0.3, 0.4) is 0 Å². The van der Waals surface area contributed by atoms with Gasteiger partial charge < -0.3 is 25.5 Å². The maximum Gasteiger partial charge on any atom is 0.320 e. The number of likely N-dealkylation sites (N-methyl/N-ethyl adjacent to an activating group) is 1. The number of nitrogens with zero attached hydrogens (tertiary/aromatic N) is 3. The summed E-state index contributed by atoms with van der Waals surface area (Å²) in [5, 5.41) is 11.3. The molecule has 1 rings (SSSR count). The number of hydrogen-bond donors (Lipinski definition) is 2. The summed E-state index contributed by atoms with van der Waals surface area (Å²) in [6.07, 6.45) is 0. The van der Waals surface area contributed by atoms with Gasteiger partial charge in [-0.25, -0.2) is 4.79 Å². The number of ether oxygens (including phenoxy) is 1. The van der Waals surface area contributed by atoms with Crippen LogP contribution in [0.25, 0.3) is 0 Å². The van der Waals surface area contributed by atoms with E-state index in [9.17, 15) is 4.79 Å². The van der Waals surface area contributed by atoms with Gasteiger partial charge in [0, 0.05) is 19.6 Å². The first-order chi connectivity index (χ1) is 7.69. The first-order valence-corrected chi connectivity index (χ1v) is 5.27. The van der Waals surface area contributed by atoms with Crippen molar-refractivity contribution in [2.75, 3.05) is 39.4 Å². The zero-order valence-electron chi connectivity index (χ0n) is 9.43. The van der Waals surface area contributed by atoms with Gasteiger partial charge in [-0.3, -0.25) is 0 Å². The van der Waals surface area contributed by atoms with Gasteiger partial charge in [0.2, 0.25) is 0 Å². The van der Waals surface area contributed by atoms with Crippen LogP contribution in [0, 0.1) is 0 Å². The minimum absolute atomic E-state index is 0.0310. The van der Waals surface area contributed by atoms with Gasteiger partial charge in [0.05, 0.1) is 19.8 Å². The molecule has 0 bridgehead atoms. The molecule has 7 nitrogen and oxygen atoms in total. The molecule has 2 amide bonds. The van der Waals surface area contributed by atoms with Crippen molar-refractivity contribution < 1.29 is 14.7 Å². The molecule has 0 aromatic heterocycles. The van der Waals surface area contributed by atoms with Crippen LogP contribution in [0.1, 0.15) is 6.92 Å². The summed E-state index contributed by atoms with van der Waals surface area (Å²) in [6.45, 7) is 4.81. The third-order valence-corrected chi connectivity index (χ3v) is 2.42. The van der Waals surface area contributed by atoms with E-state index in [0.717, 1.165) is 0 Å². The minimum atomic E-state index is -0.0996. The molecule has 1 aliphatic rings. The van der Waals surface area contributed by atoms with E-state index in [4.69, 9.17) is 15.7 Å². The predicted molar refractivity (Wildman–Crippen MR) is 58.4 cm³/mol. The highest BCUT2D eigenvalue weighted by Gasteiger charge is 2.22. The summed E-state index contributed by atoms with van der Waals surface area (Å²) >= 11 is 0. The van der Waals surface area contributed by atoms with Gasteiger partial charge in [0.15, 0.2) is 5.84 Å². The van der Waals surface area contributed by atoms with Crippen LogP contribution in [0.15, 0.2) is 5.16 Å². The summed E-state index contributed by atoms with van der Waals surface area (Å²) in [7, 11) is 0. The fourth-order valence-electron chi connectivity index (χ4n) is 1.50. The van der Waals surface area contributed by atoms with Crippen LogP contribution in [-0.2, 0) is 4.74 Å². The van der Waals surface area contributed by atoms with Crippen molar-refractivity contribution in [3.63, 3.8) is 0 Å². The molecule has 0 saturated carbocycles. The number of oxime groups is 1. The SMILES string of the molecule is CCN(CC(N)=NO)C(=O)N1CCOCC1. The number of urea groups is 1. The van der Waals surface area contributed by atoms with E-state index in [-0.39, 0.29) is 18.4 Å². The lowest BCUT2D eigenvalue weighted by molar-refractivity contribution is 0.0448. The minimum Gasteiger partial charge on any atom is -0.409 e. The second-order valence-electron chi connectivity index (χ2n) is 3.49. The zero-order chi connectivity index (χ0) is 12.0. The largest absolute Gasteiger partial charge is 0.409 e. The Balaban J connectivity index is 2.54.